The first-order valence-corrected chi connectivity index (χ1v) is 4.99. The molecule has 1 aromatic carbocycles. The number of hydrogen-bond acceptors (Lipinski definition) is 2. The maximum atomic E-state index is 13.3. The van der Waals surface area contributed by atoms with Crippen LogP contribution in [-0.2, 0) is 0 Å². The Balaban J connectivity index is 2.69. The minimum absolute atomic E-state index is 0.0387. The smallest absolute Gasteiger partial charge is 0.389 e. The minimum atomic E-state index is -4.25. The zero-order valence-electron chi connectivity index (χ0n) is 9.22. The molecule has 2 N–H and O–H groups in total. The van der Waals surface area contributed by atoms with Gasteiger partial charge in [-0.3, -0.25) is 0 Å². The van der Waals surface area contributed by atoms with Crippen molar-refractivity contribution >= 4 is 0 Å². The Hall–Kier alpha value is -1.30. The predicted octanol–water partition coefficient (Wildman–Crippen LogP) is 3.18. The molecule has 2 nitrogen and oxygen atoms in total. The third-order valence-electron chi connectivity index (χ3n) is 2.34. The van der Waals surface area contributed by atoms with Crippen molar-refractivity contribution in [1.82, 2.24) is 0 Å². The molecule has 0 aliphatic carbocycles. The lowest BCUT2D eigenvalue weighted by Crippen LogP contribution is -2.16. The normalized spacial score (nSPS) is 13.5. The van der Waals surface area contributed by atoms with E-state index in [4.69, 9.17) is 10.5 Å². The molecule has 1 rings (SSSR count). The topological polar surface area (TPSA) is 35.2 Å². The molecule has 0 radical (unpaired) electrons. The van der Waals surface area contributed by atoms with Crippen LogP contribution >= 0.6 is 0 Å². The maximum absolute atomic E-state index is 13.3. The number of nitrogens with two attached hydrogens (primary N) is 1. The van der Waals surface area contributed by atoms with Gasteiger partial charge in [-0.2, -0.15) is 13.2 Å². The van der Waals surface area contributed by atoms with Gasteiger partial charge in [0, 0.05) is 12.5 Å². The largest absolute Gasteiger partial charge is 0.494 e. The van der Waals surface area contributed by atoms with Crippen LogP contribution in [0.4, 0.5) is 17.6 Å². The molecule has 0 spiro atoms. The summed E-state index contributed by atoms with van der Waals surface area (Å²) >= 11 is 0. The van der Waals surface area contributed by atoms with Gasteiger partial charge in [-0.05, 0) is 24.1 Å². The quantitative estimate of drug-likeness (QED) is 0.834. The van der Waals surface area contributed by atoms with Crippen molar-refractivity contribution in [3.05, 3.63) is 29.6 Å². The van der Waals surface area contributed by atoms with Gasteiger partial charge in [-0.15, -0.1) is 0 Å². The van der Waals surface area contributed by atoms with Gasteiger partial charge in [0.15, 0.2) is 11.6 Å². The molecule has 0 amide bonds. The van der Waals surface area contributed by atoms with Gasteiger partial charge in [0.25, 0.3) is 0 Å². The zero-order chi connectivity index (χ0) is 13.1. The van der Waals surface area contributed by atoms with E-state index in [0.717, 1.165) is 6.07 Å². The molecule has 96 valence electrons. The molecule has 0 bridgehead atoms. The highest BCUT2D eigenvalue weighted by Gasteiger charge is 2.27. The summed E-state index contributed by atoms with van der Waals surface area (Å²) in [6.07, 6.45) is -5.50. The highest BCUT2D eigenvalue weighted by atomic mass is 19.4. The van der Waals surface area contributed by atoms with Gasteiger partial charge >= 0.3 is 6.18 Å². The van der Waals surface area contributed by atoms with E-state index < -0.39 is 24.5 Å². The van der Waals surface area contributed by atoms with E-state index in [1.807, 2.05) is 0 Å². The van der Waals surface area contributed by atoms with Gasteiger partial charge in [0.05, 0.1) is 7.11 Å². The van der Waals surface area contributed by atoms with Crippen molar-refractivity contribution in [3.63, 3.8) is 0 Å². The highest BCUT2D eigenvalue weighted by molar-refractivity contribution is 5.30. The Labute approximate surface area is 96.4 Å². The van der Waals surface area contributed by atoms with Crippen LogP contribution in [0.3, 0.4) is 0 Å². The Bertz CT molecular complexity index is 378. The number of rotatable bonds is 4. The summed E-state index contributed by atoms with van der Waals surface area (Å²) in [7, 11) is 1.31. The van der Waals surface area contributed by atoms with Crippen LogP contribution in [0.2, 0.25) is 0 Å². The number of hydrogen-bond donors (Lipinski definition) is 1. The number of methoxy groups -OCH3 is 1. The fourth-order valence-corrected chi connectivity index (χ4v) is 1.40. The van der Waals surface area contributed by atoms with E-state index in [0.29, 0.717) is 5.56 Å². The fraction of sp³-hybridized carbons (Fsp3) is 0.455. The fourth-order valence-electron chi connectivity index (χ4n) is 1.40. The lowest BCUT2D eigenvalue weighted by molar-refractivity contribution is -0.136. The van der Waals surface area contributed by atoms with Crippen molar-refractivity contribution in [2.75, 3.05) is 7.11 Å². The first-order valence-electron chi connectivity index (χ1n) is 4.99. The summed E-state index contributed by atoms with van der Waals surface area (Å²) in [5.74, 6) is -0.593. The Kier molecular flexibility index (Phi) is 4.34. The van der Waals surface area contributed by atoms with Crippen molar-refractivity contribution < 1.29 is 22.3 Å². The van der Waals surface area contributed by atoms with Gasteiger partial charge < -0.3 is 10.5 Å². The van der Waals surface area contributed by atoms with Gasteiger partial charge in [-0.1, -0.05) is 6.07 Å². The monoisotopic (exact) mass is 251 g/mol. The molecule has 1 aromatic rings. The molecule has 0 saturated heterocycles. The van der Waals surface area contributed by atoms with Crippen LogP contribution in [0.25, 0.3) is 0 Å². The lowest BCUT2D eigenvalue weighted by atomic mass is 10.0. The standard InChI is InChI=1S/C11H13F4NO/c1-17-10-3-2-7(6-8(10)12)9(16)4-5-11(13,14)15/h2-3,6,9H,4-5,16H2,1H3/t9-/m0/s1. The number of benzene rings is 1. The van der Waals surface area contributed by atoms with Crippen LogP contribution < -0.4 is 10.5 Å². The second kappa shape index (κ2) is 5.35. The van der Waals surface area contributed by atoms with E-state index in [1.54, 1.807) is 0 Å². The molecular formula is C11H13F4NO. The molecule has 0 heterocycles. The SMILES string of the molecule is COc1ccc([C@@H](N)CCC(F)(F)F)cc1F. The number of alkyl halides is 3. The summed E-state index contributed by atoms with van der Waals surface area (Å²) in [5, 5.41) is 0. The molecule has 0 aliphatic heterocycles. The van der Waals surface area contributed by atoms with E-state index in [1.165, 1.54) is 19.2 Å². The Morgan fingerprint density at radius 3 is 2.47 bits per heavy atom. The average molecular weight is 251 g/mol. The van der Waals surface area contributed by atoms with Crippen LogP contribution in [0.1, 0.15) is 24.4 Å². The molecule has 0 aliphatic rings. The van der Waals surface area contributed by atoms with Crippen molar-refractivity contribution in [2.45, 2.75) is 25.1 Å². The van der Waals surface area contributed by atoms with Gasteiger partial charge in [0.1, 0.15) is 0 Å². The van der Waals surface area contributed by atoms with E-state index in [-0.39, 0.29) is 12.2 Å². The molecular weight excluding hydrogens is 238 g/mol. The van der Waals surface area contributed by atoms with Crippen molar-refractivity contribution in [3.8, 4) is 5.75 Å². The molecule has 0 fully saturated rings. The van der Waals surface area contributed by atoms with Crippen molar-refractivity contribution in [1.29, 1.82) is 0 Å². The molecule has 0 aromatic heterocycles. The summed E-state index contributed by atoms with van der Waals surface area (Å²) in [5.41, 5.74) is 5.88. The number of halogens is 4. The second-order valence-electron chi connectivity index (χ2n) is 3.65. The summed E-state index contributed by atoms with van der Waals surface area (Å²) in [6, 6.07) is 3.07. The molecule has 6 heteroatoms. The third kappa shape index (κ3) is 4.22. The molecule has 1 atom stereocenters. The van der Waals surface area contributed by atoms with Gasteiger partial charge in [-0.25, -0.2) is 4.39 Å². The van der Waals surface area contributed by atoms with Crippen LogP contribution in [0.15, 0.2) is 18.2 Å². The molecule has 17 heavy (non-hydrogen) atoms. The first-order chi connectivity index (χ1) is 7.83. The Morgan fingerprint density at radius 1 is 1.35 bits per heavy atom. The molecule has 0 unspecified atom stereocenters. The lowest BCUT2D eigenvalue weighted by Gasteiger charge is -2.14. The maximum Gasteiger partial charge on any atom is 0.389 e. The van der Waals surface area contributed by atoms with E-state index >= 15 is 0 Å². The third-order valence-corrected chi connectivity index (χ3v) is 2.34. The van der Waals surface area contributed by atoms with Gasteiger partial charge in [0.2, 0.25) is 0 Å². The summed E-state index contributed by atoms with van der Waals surface area (Å²) in [4.78, 5) is 0. The summed E-state index contributed by atoms with van der Waals surface area (Å²) < 4.78 is 53.9. The van der Waals surface area contributed by atoms with Crippen LogP contribution in [0.5, 0.6) is 5.75 Å². The zero-order valence-corrected chi connectivity index (χ0v) is 9.22. The van der Waals surface area contributed by atoms with E-state index in [2.05, 4.69) is 0 Å². The molecule has 0 saturated carbocycles. The minimum Gasteiger partial charge on any atom is -0.494 e. The summed E-state index contributed by atoms with van der Waals surface area (Å²) in [6.45, 7) is 0. The first kappa shape index (κ1) is 13.8. The predicted molar refractivity (Wildman–Crippen MR) is 55.2 cm³/mol. The van der Waals surface area contributed by atoms with Crippen LogP contribution in [0, 0.1) is 5.82 Å². The Morgan fingerprint density at radius 2 is 2.00 bits per heavy atom. The van der Waals surface area contributed by atoms with Crippen LogP contribution in [-0.4, -0.2) is 13.3 Å². The number of ether oxygens (including phenoxy) is 1. The average Bonchev–Trinajstić information content (AvgIpc) is 2.24. The van der Waals surface area contributed by atoms with Crippen molar-refractivity contribution in [2.24, 2.45) is 5.73 Å². The second-order valence-corrected chi connectivity index (χ2v) is 3.65. The van der Waals surface area contributed by atoms with E-state index in [9.17, 15) is 17.6 Å². The highest BCUT2D eigenvalue weighted by Crippen LogP contribution is 2.28.